The molecule has 0 radical (unpaired) electrons. The average Bonchev–Trinajstić information content (AvgIpc) is 3.11. The number of thiophene rings is 1. The van der Waals surface area contributed by atoms with Crippen molar-refractivity contribution in [1.82, 2.24) is 9.13 Å². The fourth-order valence-electron chi connectivity index (χ4n) is 2.72. The van der Waals surface area contributed by atoms with Gasteiger partial charge in [0.05, 0.1) is 29.4 Å². The topological polar surface area (TPSA) is 82.3 Å². The van der Waals surface area contributed by atoms with Crippen LogP contribution >= 0.6 is 22.9 Å². The molecule has 142 valence electrons. The Labute approximate surface area is 163 Å². The van der Waals surface area contributed by atoms with Crippen LogP contribution in [0, 0.1) is 6.92 Å². The van der Waals surface area contributed by atoms with Gasteiger partial charge in [0.2, 0.25) is 5.91 Å². The molecule has 2 heterocycles. The first-order chi connectivity index (χ1) is 12.9. The smallest absolute Gasteiger partial charge is 0.332 e. The summed E-state index contributed by atoms with van der Waals surface area (Å²) in [5.74, 6) is -0.410. The van der Waals surface area contributed by atoms with E-state index in [9.17, 15) is 14.4 Å². The second-order valence-corrected chi connectivity index (χ2v) is 7.31. The quantitative estimate of drug-likeness (QED) is 0.680. The average molecular weight is 408 g/mol. The lowest BCUT2D eigenvalue weighted by Crippen LogP contribution is -2.42. The number of rotatable bonds is 6. The van der Waals surface area contributed by atoms with Gasteiger partial charge in [-0.05, 0) is 36.1 Å². The van der Waals surface area contributed by atoms with E-state index in [0.717, 1.165) is 10.1 Å². The summed E-state index contributed by atoms with van der Waals surface area (Å²) in [5.41, 5.74) is 0.955. The minimum atomic E-state index is -0.548. The van der Waals surface area contributed by atoms with Gasteiger partial charge in [0.15, 0.2) is 0 Å². The lowest BCUT2D eigenvalue weighted by atomic mass is 10.2. The van der Waals surface area contributed by atoms with Crippen molar-refractivity contribution in [3.8, 4) is 0 Å². The van der Waals surface area contributed by atoms with E-state index in [1.165, 1.54) is 23.0 Å². The standard InChI is InChI=1S/C18H18ClN3O4S/c1-11-3-4-13(12(19)9-11)20-15(23)10-22-14-5-8-27-16(14)17(24)21(18(22)25)6-7-26-2/h3-5,8-9H,6-7,10H2,1-2H3,(H,20,23). The zero-order chi connectivity index (χ0) is 19.6. The number of aromatic nitrogens is 2. The number of hydrogen-bond acceptors (Lipinski definition) is 5. The van der Waals surface area contributed by atoms with Gasteiger partial charge in [-0.1, -0.05) is 17.7 Å². The number of halogens is 1. The summed E-state index contributed by atoms with van der Waals surface area (Å²) in [6.07, 6.45) is 0. The first kappa shape index (κ1) is 19.3. The van der Waals surface area contributed by atoms with Crippen LogP contribution in [0.25, 0.3) is 10.2 Å². The first-order valence-corrected chi connectivity index (χ1v) is 9.44. The third-order valence-corrected chi connectivity index (χ3v) is 5.26. The van der Waals surface area contributed by atoms with Gasteiger partial charge in [-0.2, -0.15) is 0 Å². The molecule has 1 aromatic carbocycles. The molecule has 0 aliphatic heterocycles. The Morgan fingerprint density at radius 3 is 2.74 bits per heavy atom. The maximum Gasteiger partial charge on any atom is 0.332 e. The Balaban J connectivity index is 1.96. The van der Waals surface area contributed by atoms with Crippen molar-refractivity contribution in [3.05, 3.63) is 61.1 Å². The molecular formula is C18H18ClN3O4S. The SMILES string of the molecule is COCCn1c(=O)c2sccc2n(CC(=O)Nc2ccc(C)cc2Cl)c1=O. The van der Waals surface area contributed by atoms with Crippen LogP contribution in [0.4, 0.5) is 5.69 Å². The molecule has 27 heavy (non-hydrogen) atoms. The van der Waals surface area contributed by atoms with Gasteiger partial charge in [-0.25, -0.2) is 4.79 Å². The van der Waals surface area contributed by atoms with Crippen LogP contribution in [0.2, 0.25) is 5.02 Å². The van der Waals surface area contributed by atoms with Crippen molar-refractivity contribution in [2.24, 2.45) is 0 Å². The Hall–Kier alpha value is -2.42. The summed E-state index contributed by atoms with van der Waals surface area (Å²) in [4.78, 5) is 37.8. The van der Waals surface area contributed by atoms with Crippen LogP contribution in [0.5, 0.6) is 0 Å². The van der Waals surface area contributed by atoms with Gasteiger partial charge in [0.25, 0.3) is 5.56 Å². The molecule has 0 saturated heterocycles. The van der Waals surface area contributed by atoms with Crippen molar-refractivity contribution < 1.29 is 9.53 Å². The van der Waals surface area contributed by atoms with Crippen LogP contribution < -0.4 is 16.6 Å². The highest BCUT2D eigenvalue weighted by Crippen LogP contribution is 2.23. The zero-order valence-electron chi connectivity index (χ0n) is 14.8. The fourth-order valence-corrected chi connectivity index (χ4v) is 3.85. The summed E-state index contributed by atoms with van der Waals surface area (Å²) in [5, 5.41) is 4.85. The predicted molar refractivity (Wildman–Crippen MR) is 107 cm³/mol. The molecule has 3 rings (SSSR count). The normalized spacial score (nSPS) is 11.1. The van der Waals surface area contributed by atoms with Gasteiger partial charge < -0.3 is 10.1 Å². The lowest BCUT2D eigenvalue weighted by Gasteiger charge is -2.13. The molecule has 0 fully saturated rings. The number of nitrogens with one attached hydrogen (secondary N) is 1. The van der Waals surface area contributed by atoms with E-state index in [2.05, 4.69) is 5.32 Å². The zero-order valence-corrected chi connectivity index (χ0v) is 16.4. The highest BCUT2D eigenvalue weighted by Gasteiger charge is 2.16. The number of hydrogen-bond donors (Lipinski definition) is 1. The van der Waals surface area contributed by atoms with E-state index in [4.69, 9.17) is 16.3 Å². The number of benzene rings is 1. The first-order valence-electron chi connectivity index (χ1n) is 8.18. The van der Waals surface area contributed by atoms with Crippen LogP contribution in [0.15, 0.2) is 39.2 Å². The van der Waals surface area contributed by atoms with Crippen LogP contribution in [0.3, 0.4) is 0 Å². The van der Waals surface area contributed by atoms with Crippen LogP contribution in [0.1, 0.15) is 5.56 Å². The van der Waals surface area contributed by atoms with E-state index in [-0.39, 0.29) is 25.3 Å². The number of amides is 1. The third-order valence-electron chi connectivity index (χ3n) is 4.06. The second kappa shape index (κ2) is 8.08. The Morgan fingerprint density at radius 2 is 2.04 bits per heavy atom. The summed E-state index contributed by atoms with van der Waals surface area (Å²) in [6, 6.07) is 6.94. The van der Waals surface area contributed by atoms with Gasteiger partial charge in [0, 0.05) is 7.11 Å². The monoisotopic (exact) mass is 407 g/mol. The molecule has 0 saturated carbocycles. The van der Waals surface area contributed by atoms with E-state index in [1.807, 2.05) is 13.0 Å². The number of methoxy groups -OCH3 is 1. The maximum absolute atomic E-state index is 12.8. The van der Waals surface area contributed by atoms with Gasteiger partial charge in [-0.15, -0.1) is 11.3 Å². The number of fused-ring (bicyclic) bond motifs is 1. The number of nitrogens with zero attached hydrogens (tertiary/aromatic N) is 2. The van der Waals surface area contributed by atoms with Crippen molar-refractivity contribution in [2.45, 2.75) is 20.0 Å². The van der Waals surface area contributed by atoms with Crippen molar-refractivity contribution in [1.29, 1.82) is 0 Å². The molecule has 1 amide bonds. The number of anilines is 1. The highest BCUT2D eigenvalue weighted by atomic mass is 35.5. The molecule has 2 aromatic heterocycles. The van der Waals surface area contributed by atoms with Gasteiger partial charge >= 0.3 is 5.69 Å². The second-order valence-electron chi connectivity index (χ2n) is 5.98. The van der Waals surface area contributed by atoms with E-state index in [0.29, 0.717) is 20.9 Å². The molecule has 0 aliphatic carbocycles. The largest absolute Gasteiger partial charge is 0.383 e. The molecule has 9 heteroatoms. The third kappa shape index (κ3) is 3.97. The van der Waals surface area contributed by atoms with Crippen LogP contribution in [-0.4, -0.2) is 28.8 Å². The molecule has 0 aliphatic rings. The molecule has 0 unspecified atom stereocenters. The molecule has 7 nitrogen and oxygen atoms in total. The predicted octanol–water partition coefficient (Wildman–Crippen LogP) is 2.47. The molecular weight excluding hydrogens is 390 g/mol. The summed E-state index contributed by atoms with van der Waals surface area (Å²) >= 11 is 7.38. The van der Waals surface area contributed by atoms with Crippen molar-refractivity contribution in [2.75, 3.05) is 19.0 Å². The molecule has 0 atom stereocenters. The lowest BCUT2D eigenvalue weighted by molar-refractivity contribution is -0.116. The summed E-state index contributed by atoms with van der Waals surface area (Å²) in [6.45, 7) is 2.00. The number of aryl methyl sites for hydroxylation is 1. The van der Waals surface area contributed by atoms with Gasteiger partial charge in [0.1, 0.15) is 11.2 Å². The van der Waals surface area contributed by atoms with Gasteiger partial charge in [-0.3, -0.25) is 18.7 Å². The minimum Gasteiger partial charge on any atom is -0.383 e. The van der Waals surface area contributed by atoms with E-state index < -0.39 is 11.6 Å². The fraction of sp³-hybridized carbons (Fsp3) is 0.278. The minimum absolute atomic E-state index is 0.118. The van der Waals surface area contributed by atoms with Crippen LogP contribution in [-0.2, 0) is 22.6 Å². The molecule has 1 N–H and O–H groups in total. The van der Waals surface area contributed by atoms with E-state index in [1.54, 1.807) is 23.6 Å². The molecule has 0 spiro atoms. The van der Waals surface area contributed by atoms with E-state index >= 15 is 0 Å². The Bertz CT molecular complexity index is 1120. The maximum atomic E-state index is 12.8. The number of carbonyl (C=O) groups is 1. The molecule has 0 bridgehead atoms. The van der Waals surface area contributed by atoms with Crippen molar-refractivity contribution >= 4 is 44.7 Å². The Morgan fingerprint density at radius 1 is 1.26 bits per heavy atom. The highest BCUT2D eigenvalue weighted by molar-refractivity contribution is 7.17. The Kier molecular flexibility index (Phi) is 5.79. The number of carbonyl (C=O) groups excluding carboxylic acids is 1. The van der Waals surface area contributed by atoms with Crippen molar-refractivity contribution in [3.63, 3.8) is 0 Å². The summed E-state index contributed by atoms with van der Waals surface area (Å²) in [7, 11) is 1.49. The number of ether oxygens (including phenoxy) is 1. The molecule has 3 aromatic rings. The summed E-state index contributed by atoms with van der Waals surface area (Å²) < 4.78 is 7.78.